The highest BCUT2D eigenvalue weighted by atomic mass is 32.2. The zero-order valence-electron chi connectivity index (χ0n) is 19.9. The van der Waals surface area contributed by atoms with Crippen molar-refractivity contribution in [3.8, 4) is 0 Å². The molecule has 0 amide bonds. The Morgan fingerprint density at radius 3 is 2.23 bits per heavy atom. The highest BCUT2D eigenvalue weighted by Gasteiger charge is 2.37. The smallest absolute Gasteiger partial charge is 0.306 e. The van der Waals surface area contributed by atoms with Crippen LogP contribution in [-0.4, -0.2) is 45.0 Å². The van der Waals surface area contributed by atoms with E-state index in [1.807, 2.05) is 11.5 Å². The van der Waals surface area contributed by atoms with Gasteiger partial charge >= 0.3 is 5.97 Å². The Bertz CT molecular complexity index is 1540. The summed E-state index contributed by atoms with van der Waals surface area (Å²) in [6, 6.07) is 8.19. The molecule has 2 aromatic carbocycles. The normalized spacial score (nSPS) is 18.3. The first-order valence-electron chi connectivity index (χ1n) is 11.3. The van der Waals surface area contributed by atoms with Crippen LogP contribution in [0.2, 0.25) is 0 Å². The number of aromatic nitrogens is 1. The van der Waals surface area contributed by atoms with Crippen LogP contribution in [0.25, 0.3) is 10.9 Å². The Hall–Kier alpha value is -2.72. The predicted octanol–water partition coefficient (Wildman–Crippen LogP) is 4.34. The lowest BCUT2D eigenvalue weighted by atomic mass is 9.79. The van der Waals surface area contributed by atoms with Crippen molar-refractivity contribution in [3.05, 3.63) is 59.0 Å². The van der Waals surface area contributed by atoms with Gasteiger partial charge in [0.15, 0.2) is 19.7 Å². The van der Waals surface area contributed by atoms with E-state index in [4.69, 9.17) is 0 Å². The first-order valence-corrected chi connectivity index (χ1v) is 15.1. The Labute approximate surface area is 204 Å². The van der Waals surface area contributed by atoms with Crippen molar-refractivity contribution in [2.75, 3.05) is 12.5 Å². The summed E-state index contributed by atoms with van der Waals surface area (Å²) in [6.07, 6.45) is 4.03. The van der Waals surface area contributed by atoms with Crippen LogP contribution < -0.4 is 0 Å². The van der Waals surface area contributed by atoms with Gasteiger partial charge in [-0.1, -0.05) is 19.1 Å². The van der Waals surface area contributed by atoms with E-state index in [1.54, 1.807) is 19.1 Å². The molecule has 1 aromatic heterocycles. The third kappa shape index (κ3) is 4.49. The van der Waals surface area contributed by atoms with Crippen molar-refractivity contribution in [2.24, 2.45) is 5.92 Å². The SMILES string of the molecule is CC(C(=O)O)[C@H]1CCCc2c1n([C@@H](C)c1ccc(S(C)(=O)=O)cc1)c1c(S(C)(=O)=O)cc(F)cc21. The molecule has 4 rings (SSSR count). The van der Waals surface area contributed by atoms with Crippen molar-refractivity contribution in [2.45, 2.75) is 54.9 Å². The molecule has 3 atom stereocenters. The van der Waals surface area contributed by atoms with E-state index < -0.39 is 49.3 Å². The Morgan fingerprint density at radius 1 is 1.06 bits per heavy atom. The molecule has 35 heavy (non-hydrogen) atoms. The zero-order chi connectivity index (χ0) is 25.9. The molecule has 0 radical (unpaired) electrons. The molecule has 0 saturated carbocycles. The number of halogens is 1. The number of nitrogens with zero attached hydrogens (tertiary/aromatic N) is 1. The molecule has 3 aromatic rings. The first-order chi connectivity index (χ1) is 16.2. The van der Waals surface area contributed by atoms with Gasteiger partial charge in [-0.2, -0.15) is 0 Å². The molecule has 1 aliphatic carbocycles. The fraction of sp³-hybridized carbons (Fsp3) is 0.400. The molecule has 1 heterocycles. The van der Waals surface area contributed by atoms with Crippen LogP contribution >= 0.6 is 0 Å². The van der Waals surface area contributed by atoms with Crippen LogP contribution in [0.15, 0.2) is 46.2 Å². The molecule has 1 unspecified atom stereocenters. The molecule has 0 fully saturated rings. The summed E-state index contributed by atoms with van der Waals surface area (Å²) in [7, 11) is -7.23. The molecular formula is C25H28FNO6S2. The molecule has 0 aliphatic heterocycles. The summed E-state index contributed by atoms with van der Waals surface area (Å²) in [6.45, 7) is 3.48. The number of benzene rings is 2. The lowest BCUT2D eigenvalue weighted by molar-refractivity contribution is -0.142. The van der Waals surface area contributed by atoms with Crippen LogP contribution in [0, 0.1) is 11.7 Å². The number of carboxylic acid groups (broad SMARTS) is 1. The minimum Gasteiger partial charge on any atom is -0.481 e. The summed E-state index contributed by atoms with van der Waals surface area (Å²) in [5.74, 6) is -2.75. The van der Waals surface area contributed by atoms with Gasteiger partial charge in [-0.15, -0.1) is 0 Å². The summed E-state index contributed by atoms with van der Waals surface area (Å²) in [5.41, 5.74) is 2.54. The van der Waals surface area contributed by atoms with E-state index in [9.17, 15) is 31.1 Å². The van der Waals surface area contributed by atoms with Crippen molar-refractivity contribution in [3.63, 3.8) is 0 Å². The number of fused-ring (bicyclic) bond motifs is 3. The highest BCUT2D eigenvalue weighted by Crippen LogP contribution is 2.46. The van der Waals surface area contributed by atoms with Gasteiger partial charge in [0, 0.05) is 29.5 Å². The number of rotatable bonds is 6. The number of aliphatic carboxylic acids is 1. The Balaban J connectivity index is 2.08. The van der Waals surface area contributed by atoms with Gasteiger partial charge in [-0.3, -0.25) is 4.79 Å². The van der Waals surface area contributed by atoms with E-state index in [0.29, 0.717) is 41.4 Å². The number of carboxylic acids is 1. The quantitative estimate of drug-likeness (QED) is 0.517. The van der Waals surface area contributed by atoms with Gasteiger partial charge in [0.25, 0.3) is 0 Å². The number of aryl methyl sites for hydroxylation is 1. The average Bonchev–Trinajstić information content (AvgIpc) is 3.10. The molecule has 10 heteroatoms. The van der Waals surface area contributed by atoms with Crippen molar-refractivity contribution >= 4 is 36.5 Å². The molecule has 0 spiro atoms. The van der Waals surface area contributed by atoms with E-state index in [1.165, 1.54) is 18.2 Å². The third-order valence-electron chi connectivity index (χ3n) is 7.04. The topological polar surface area (TPSA) is 111 Å². The number of hydrogen-bond acceptors (Lipinski definition) is 5. The largest absolute Gasteiger partial charge is 0.481 e. The minimum atomic E-state index is -3.83. The van der Waals surface area contributed by atoms with Crippen LogP contribution in [0.3, 0.4) is 0 Å². The molecule has 1 N–H and O–H groups in total. The summed E-state index contributed by atoms with van der Waals surface area (Å²) < 4.78 is 65.8. The highest BCUT2D eigenvalue weighted by molar-refractivity contribution is 7.91. The first kappa shape index (κ1) is 25.4. The Morgan fingerprint density at radius 2 is 1.69 bits per heavy atom. The average molecular weight is 522 g/mol. The van der Waals surface area contributed by atoms with Crippen LogP contribution in [-0.2, 0) is 30.9 Å². The maximum Gasteiger partial charge on any atom is 0.306 e. The lowest BCUT2D eigenvalue weighted by Crippen LogP contribution is -2.26. The van der Waals surface area contributed by atoms with Crippen molar-refractivity contribution in [1.29, 1.82) is 0 Å². The second-order valence-electron chi connectivity index (χ2n) is 9.45. The predicted molar refractivity (Wildman–Crippen MR) is 131 cm³/mol. The maximum atomic E-state index is 14.6. The third-order valence-corrected chi connectivity index (χ3v) is 9.28. The fourth-order valence-electron chi connectivity index (χ4n) is 5.24. The molecule has 188 valence electrons. The molecule has 7 nitrogen and oxygen atoms in total. The lowest BCUT2D eigenvalue weighted by Gasteiger charge is -2.31. The van der Waals surface area contributed by atoms with Crippen molar-refractivity contribution < 1.29 is 31.1 Å². The van der Waals surface area contributed by atoms with Gasteiger partial charge in [0.05, 0.1) is 27.3 Å². The van der Waals surface area contributed by atoms with E-state index in [-0.39, 0.29) is 9.79 Å². The van der Waals surface area contributed by atoms with Crippen molar-refractivity contribution in [1.82, 2.24) is 4.57 Å². The van der Waals surface area contributed by atoms with E-state index in [0.717, 1.165) is 24.1 Å². The summed E-state index contributed by atoms with van der Waals surface area (Å²) in [5, 5.41) is 10.3. The van der Waals surface area contributed by atoms with Gasteiger partial charge in [0.2, 0.25) is 0 Å². The number of carbonyl (C=O) groups is 1. The standard InChI is InChI=1S/C25H28FNO6S2/c1-14(25(28)29)19-6-5-7-20-21-12-17(26)13-22(35(4,32)33)24(21)27(23(19)20)15(2)16-8-10-18(11-9-16)34(3,30)31/h8-15,19H,5-7H2,1-4H3,(H,28,29)/t14?,15-,19+/m0/s1. The molecule has 1 aliphatic rings. The molecular weight excluding hydrogens is 493 g/mol. The van der Waals surface area contributed by atoms with E-state index in [2.05, 4.69) is 0 Å². The van der Waals surface area contributed by atoms with Gasteiger partial charge in [-0.05, 0) is 61.6 Å². The molecule has 0 bridgehead atoms. The zero-order valence-corrected chi connectivity index (χ0v) is 21.6. The minimum absolute atomic E-state index is 0.150. The van der Waals surface area contributed by atoms with Crippen LogP contribution in [0.4, 0.5) is 4.39 Å². The van der Waals surface area contributed by atoms with Gasteiger partial charge in [0.1, 0.15) is 5.82 Å². The molecule has 0 saturated heterocycles. The van der Waals surface area contributed by atoms with E-state index >= 15 is 0 Å². The second kappa shape index (κ2) is 8.74. The van der Waals surface area contributed by atoms with Crippen LogP contribution in [0.1, 0.15) is 55.5 Å². The summed E-state index contributed by atoms with van der Waals surface area (Å²) in [4.78, 5) is 12.0. The number of sulfone groups is 2. The Kier molecular flexibility index (Phi) is 6.34. The second-order valence-corrected chi connectivity index (χ2v) is 13.4. The van der Waals surface area contributed by atoms with Gasteiger partial charge in [-0.25, -0.2) is 21.2 Å². The maximum absolute atomic E-state index is 14.6. The monoisotopic (exact) mass is 521 g/mol. The van der Waals surface area contributed by atoms with Gasteiger partial charge < -0.3 is 9.67 Å². The van der Waals surface area contributed by atoms with Crippen LogP contribution in [0.5, 0.6) is 0 Å². The summed E-state index contributed by atoms with van der Waals surface area (Å²) >= 11 is 0. The number of hydrogen-bond donors (Lipinski definition) is 1. The fourth-order valence-corrected chi connectivity index (χ4v) is 6.76.